The second-order valence-electron chi connectivity index (χ2n) is 7.22. The second kappa shape index (κ2) is 4.68. The molecule has 3 nitrogen and oxygen atoms in total. The van der Waals surface area contributed by atoms with E-state index >= 15 is 0 Å². The SMILES string of the molecule is CC1(C)Cc2c(ccn2-c2nc3c(s2)CCCC3)C(O)C1. The van der Waals surface area contributed by atoms with Gasteiger partial charge in [0.1, 0.15) is 0 Å². The number of aliphatic hydroxyl groups excluding tert-OH is 1. The Balaban J connectivity index is 1.78. The van der Waals surface area contributed by atoms with E-state index in [1.165, 1.54) is 35.5 Å². The minimum atomic E-state index is -0.334. The Kier molecular flexibility index (Phi) is 3.02. The van der Waals surface area contributed by atoms with Gasteiger partial charge in [-0.1, -0.05) is 13.8 Å². The average Bonchev–Trinajstić information content (AvgIpc) is 2.99. The molecule has 112 valence electrons. The van der Waals surface area contributed by atoms with Crippen molar-refractivity contribution in [1.82, 2.24) is 9.55 Å². The van der Waals surface area contributed by atoms with Crippen LogP contribution in [0.3, 0.4) is 0 Å². The topological polar surface area (TPSA) is 38.0 Å². The maximum Gasteiger partial charge on any atom is 0.194 e. The van der Waals surface area contributed by atoms with Crippen LogP contribution in [0.15, 0.2) is 12.3 Å². The summed E-state index contributed by atoms with van der Waals surface area (Å²) < 4.78 is 2.22. The molecule has 0 aromatic carbocycles. The first kappa shape index (κ1) is 13.5. The number of fused-ring (bicyclic) bond motifs is 2. The van der Waals surface area contributed by atoms with Crippen molar-refractivity contribution >= 4 is 11.3 Å². The Bertz CT molecular complexity index is 660. The molecule has 1 unspecified atom stereocenters. The van der Waals surface area contributed by atoms with Crippen LogP contribution < -0.4 is 0 Å². The molecule has 0 amide bonds. The number of nitrogens with zero attached hydrogens (tertiary/aromatic N) is 2. The highest BCUT2D eigenvalue weighted by atomic mass is 32.1. The Hall–Kier alpha value is -1.13. The van der Waals surface area contributed by atoms with Crippen molar-refractivity contribution in [2.24, 2.45) is 5.41 Å². The van der Waals surface area contributed by atoms with E-state index in [2.05, 4.69) is 30.7 Å². The maximum absolute atomic E-state index is 10.4. The third kappa shape index (κ3) is 2.25. The van der Waals surface area contributed by atoms with E-state index in [0.717, 1.165) is 30.0 Å². The Morgan fingerprint density at radius 3 is 2.95 bits per heavy atom. The normalized spacial score (nSPS) is 23.7. The van der Waals surface area contributed by atoms with Gasteiger partial charge in [0.15, 0.2) is 5.13 Å². The number of aryl methyl sites for hydroxylation is 2. The van der Waals surface area contributed by atoms with Crippen LogP contribution in [0.25, 0.3) is 5.13 Å². The minimum absolute atomic E-state index is 0.152. The predicted molar refractivity (Wildman–Crippen MR) is 85.1 cm³/mol. The zero-order chi connectivity index (χ0) is 14.6. The molecule has 0 saturated carbocycles. The number of rotatable bonds is 1. The molecule has 0 bridgehead atoms. The number of thiazole rings is 1. The van der Waals surface area contributed by atoms with Crippen molar-refractivity contribution in [3.8, 4) is 5.13 Å². The van der Waals surface area contributed by atoms with Crippen LogP contribution in [-0.4, -0.2) is 14.7 Å². The Morgan fingerprint density at radius 2 is 2.14 bits per heavy atom. The summed E-state index contributed by atoms with van der Waals surface area (Å²) in [6, 6.07) is 2.08. The van der Waals surface area contributed by atoms with Gasteiger partial charge in [-0.05, 0) is 50.0 Å². The molecular weight excluding hydrogens is 280 g/mol. The molecule has 2 heterocycles. The molecule has 1 N–H and O–H groups in total. The monoisotopic (exact) mass is 302 g/mol. The molecule has 0 fully saturated rings. The summed E-state index contributed by atoms with van der Waals surface area (Å²) in [6.45, 7) is 4.48. The third-order valence-electron chi connectivity index (χ3n) is 4.82. The molecule has 4 heteroatoms. The van der Waals surface area contributed by atoms with Crippen LogP contribution in [0.5, 0.6) is 0 Å². The van der Waals surface area contributed by atoms with Crippen LogP contribution in [0.4, 0.5) is 0 Å². The summed E-state index contributed by atoms with van der Waals surface area (Å²) in [5, 5.41) is 11.5. The molecule has 0 aliphatic heterocycles. The zero-order valence-corrected chi connectivity index (χ0v) is 13.5. The fourth-order valence-corrected chi connectivity index (χ4v) is 4.91. The number of hydrogen-bond donors (Lipinski definition) is 1. The van der Waals surface area contributed by atoms with Crippen molar-refractivity contribution in [2.45, 2.75) is 58.5 Å². The molecule has 0 saturated heterocycles. The lowest BCUT2D eigenvalue weighted by molar-refractivity contribution is 0.0987. The molecule has 4 rings (SSSR count). The molecule has 2 aromatic rings. The molecule has 2 aliphatic rings. The molecule has 1 atom stereocenters. The highest BCUT2D eigenvalue weighted by molar-refractivity contribution is 7.14. The van der Waals surface area contributed by atoms with E-state index in [4.69, 9.17) is 4.98 Å². The Labute approximate surface area is 129 Å². The van der Waals surface area contributed by atoms with Crippen LogP contribution in [0, 0.1) is 5.41 Å². The lowest BCUT2D eigenvalue weighted by Gasteiger charge is -2.33. The quantitative estimate of drug-likeness (QED) is 0.869. The lowest BCUT2D eigenvalue weighted by Crippen LogP contribution is -2.26. The van der Waals surface area contributed by atoms with Gasteiger partial charge < -0.3 is 5.11 Å². The molecular formula is C17H22N2OS. The van der Waals surface area contributed by atoms with Crippen LogP contribution in [-0.2, 0) is 19.3 Å². The number of aliphatic hydroxyl groups is 1. The van der Waals surface area contributed by atoms with E-state index in [9.17, 15) is 5.11 Å². The summed E-state index contributed by atoms with van der Waals surface area (Å²) >= 11 is 1.84. The highest BCUT2D eigenvalue weighted by Crippen LogP contribution is 2.42. The van der Waals surface area contributed by atoms with Crippen molar-refractivity contribution in [3.63, 3.8) is 0 Å². The van der Waals surface area contributed by atoms with Gasteiger partial charge in [-0.25, -0.2) is 4.98 Å². The molecule has 0 spiro atoms. The fourth-order valence-electron chi connectivity index (χ4n) is 3.75. The Morgan fingerprint density at radius 1 is 1.33 bits per heavy atom. The van der Waals surface area contributed by atoms with E-state index < -0.39 is 0 Å². The van der Waals surface area contributed by atoms with E-state index in [1.807, 2.05) is 11.3 Å². The van der Waals surface area contributed by atoms with Gasteiger partial charge in [-0.3, -0.25) is 4.57 Å². The number of hydrogen-bond acceptors (Lipinski definition) is 3. The van der Waals surface area contributed by atoms with Crippen LogP contribution >= 0.6 is 11.3 Å². The van der Waals surface area contributed by atoms with Crippen molar-refractivity contribution in [3.05, 3.63) is 34.1 Å². The van der Waals surface area contributed by atoms with E-state index in [-0.39, 0.29) is 11.5 Å². The molecule has 2 aromatic heterocycles. The second-order valence-corrected chi connectivity index (χ2v) is 8.28. The first-order chi connectivity index (χ1) is 10.0. The van der Waals surface area contributed by atoms with Gasteiger partial charge in [0.25, 0.3) is 0 Å². The molecule has 0 radical (unpaired) electrons. The fraction of sp³-hybridized carbons (Fsp3) is 0.588. The van der Waals surface area contributed by atoms with Gasteiger partial charge in [-0.2, -0.15) is 0 Å². The van der Waals surface area contributed by atoms with Crippen LogP contribution in [0.2, 0.25) is 0 Å². The largest absolute Gasteiger partial charge is 0.388 e. The lowest BCUT2D eigenvalue weighted by atomic mass is 9.75. The summed E-state index contributed by atoms with van der Waals surface area (Å²) in [4.78, 5) is 6.34. The summed E-state index contributed by atoms with van der Waals surface area (Å²) in [6.07, 6.45) is 8.50. The zero-order valence-electron chi connectivity index (χ0n) is 12.7. The molecule has 2 aliphatic carbocycles. The first-order valence-corrected chi connectivity index (χ1v) is 8.72. The first-order valence-electron chi connectivity index (χ1n) is 7.91. The van der Waals surface area contributed by atoms with E-state index in [1.54, 1.807) is 0 Å². The molecule has 21 heavy (non-hydrogen) atoms. The highest BCUT2D eigenvalue weighted by Gasteiger charge is 2.34. The van der Waals surface area contributed by atoms with Gasteiger partial charge in [0.05, 0.1) is 11.8 Å². The van der Waals surface area contributed by atoms with E-state index in [0.29, 0.717) is 0 Å². The van der Waals surface area contributed by atoms with Gasteiger partial charge in [0.2, 0.25) is 0 Å². The average molecular weight is 302 g/mol. The summed E-state index contributed by atoms with van der Waals surface area (Å²) in [5.41, 5.74) is 3.81. The van der Waals surface area contributed by atoms with Crippen molar-refractivity contribution in [2.75, 3.05) is 0 Å². The van der Waals surface area contributed by atoms with Crippen molar-refractivity contribution in [1.29, 1.82) is 0 Å². The third-order valence-corrected chi connectivity index (χ3v) is 5.98. The maximum atomic E-state index is 10.4. The minimum Gasteiger partial charge on any atom is -0.388 e. The number of aromatic nitrogens is 2. The summed E-state index contributed by atoms with van der Waals surface area (Å²) in [7, 11) is 0. The predicted octanol–water partition coefficient (Wildman–Crippen LogP) is 3.82. The van der Waals surface area contributed by atoms with Gasteiger partial charge in [-0.15, -0.1) is 11.3 Å². The van der Waals surface area contributed by atoms with Crippen LogP contribution in [0.1, 0.15) is 61.0 Å². The van der Waals surface area contributed by atoms with Gasteiger partial charge in [0, 0.05) is 22.3 Å². The van der Waals surface area contributed by atoms with Crippen molar-refractivity contribution < 1.29 is 5.11 Å². The standard InChI is InChI=1S/C17H22N2OS/c1-17(2)9-13-11(14(20)10-17)7-8-19(13)16-18-12-5-3-4-6-15(12)21-16/h7-8,14,20H,3-6,9-10H2,1-2H3. The smallest absolute Gasteiger partial charge is 0.194 e. The van der Waals surface area contributed by atoms with Gasteiger partial charge >= 0.3 is 0 Å². The summed E-state index contributed by atoms with van der Waals surface area (Å²) in [5.74, 6) is 0.